The van der Waals surface area contributed by atoms with E-state index in [4.69, 9.17) is 18.6 Å². The molecule has 0 aliphatic carbocycles. The highest BCUT2D eigenvalue weighted by Crippen LogP contribution is 2.35. The van der Waals surface area contributed by atoms with Gasteiger partial charge in [-0.3, -0.25) is 9.11 Å². The van der Waals surface area contributed by atoms with Crippen LogP contribution in [0.3, 0.4) is 0 Å². The maximum absolute atomic E-state index is 8.89. The van der Waals surface area contributed by atoms with Gasteiger partial charge in [0.2, 0.25) is 0 Å². The Morgan fingerprint density at radius 1 is 1.50 bits per heavy atom. The first kappa shape index (κ1) is 11.8. The lowest BCUT2D eigenvalue weighted by atomic mass is 10.4. The SMILES string of the molecule is CC1(C)OCC(/C=C/OS(C)(O)O)O1. The van der Waals surface area contributed by atoms with E-state index in [1.165, 1.54) is 12.5 Å². The van der Waals surface area contributed by atoms with Crippen LogP contribution in [0.4, 0.5) is 0 Å². The molecule has 1 unspecified atom stereocenters. The smallest absolute Gasteiger partial charge is 0.163 e. The quantitative estimate of drug-likeness (QED) is 0.717. The van der Waals surface area contributed by atoms with Crippen LogP contribution >= 0.6 is 10.9 Å². The Bertz CT molecular complexity index is 220. The van der Waals surface area contributed by atoms with Crippen molar-refractivity contribution in [2.24, 2.45) is 0 Å². The second-order valence-corrected chi connectivity index (χ2v) is 5.27. The molecule has 0 spiro atoms. The third kappa shape index (κ3) is 4.30. The summed E-state index contributed by atoms with van der Waals surface area (Å²) in [6, 6.07) is 0. The van der Waals surface area contributed by atoms with Crippen molar-refractivity contribution in [3.05, 3.63) is 12.3 Å². The molecule has 2 N–H and O–H groups in total. The van der Waals surface area contributed by atoms with Gasteiger partial charge in [-0.1, -0.05) is 0 Å². The van der Waals surface area contributed by atoms with E-state index in [1.807, 2.05) is 13.8 Å². The molecule has 0 saturated carbocycles. The summed E-state index contributed by atoms with van der Waals surface area (Å²) in [7, 11) is -2.93. The molecule has 0 aromatic rings. The van der Waals surface area contributed by atoms with Gasteiger partial charge in [0.15, 0.2) is 5.79 Å². The Kier molecular flexibility index (Phi) is 3.44. The Hall–Kier alpha value is -0.270. The molecule has 1 heterocycles. The van der Waals surface area contributed by atoms with Crippen LogP contribution in [0.2, 0.25) is 0 Å². The van der Waals surface area contributed by atoms with Crippen LogP contribution in [0.15, 0.2) is 12.3 Å². The Morgan fingerprint density at radius 3 is 2.57 bits per heavy atom. The molecule has 6 heteroatoms. The molecule has 1 rings (SSSR count). The number of hydrogen-bond acceptors (Lipinski definition) is 5. The van der Waals surface area contributed by atoms with E-state index in [2.05, 4.69) is 4.18 Å². The Morgan fingerprint density at radius 2 is 2.14 bits per heavy atom. The summed E-state index contributed by atoms with van der Waals surface area (Å²) in [4.78, 5) is 0. The highest BCUT2D eigenvalue weighted by molar-refractivity contribution is 8.19. The molecule has 1 saturated heterocycles. The highest BCUT2D eigenvalue weighted by atomic mass is 32.3. The topological polar surface area (TPSA) is 68.2 Å². The number of ether oxygens (including phenoxy) is 2. The van der Waals surface area contributed by atoms with Crippen molar-refractivity contribution < 1.29 is 22.8 Å². The predicted molar refractivity (Wildman–Crippen MR) is 53.9 cm³/mol. The van der Waals surface area contributed by atoms with E-state index in [-0.39, 0.29) is 6.10 Å². The molecule has 1 aliphatic rings. The lowest BCUT2D eigenvalue weighted by molar-refractivity contribution is -0.133. The van der Waals surface area contributed by atoms with Crippen molar-refractivity contribution in [3.8, 4) is 0 Å². The maximum atomic E-state index is 8.89. The van der Waals surface area contributed by atoms with E-state index in [0.717, 1.165) is 0 Å². The van der Waals surface area contributed by atoms with Gasteiger partial charge in [-0.15, -0.1) is 0 Å². The minimum atomic E-state index is -2.93. The second-order valence-electron chi connectivity index (χ2n) is 3.55. The second kappa shape index (κ2) is 4.08. The maximum Gasteiger partial charge on any atom is 0.163 e. The largest absolute Gasteiger partial charge is 0.411 e. The van der Waals surface area contributed by atoms with Crippen molar-refractivity contribution in [1.29, 1.82) is 0 Å². The fourth-order valence-corrected chi connectivity index (χ4v) is 1.31. The van der Waals surface area contributed by atoms with Crippen LogP contribution in [0, 0.1) is 0 Å². The van der Waals surface area contributed by atoms with Gasteiger partial charge in [-0.2, -0.15) is 0 Å². The van der Waals surface area contributed by atoms with Crippen LogP contribution in [-0.2, 0) is 13.7 Å². The van der Waals surface area contributed by atoms with Gasteiger partial charge in [-0.25, -0.2) is 0 Å². The molecule has 5 nitrogen and oxygen atoms in total. The molecule has 0 amide bonds. The third-order valence-electron chi connectivity index (χ3n) is 1.56. The average Bonchev–Trinajstić information content (AvgIpc) is 2.27. The summed E-state index contributed by atoms with van der Waals surface area (Å²) in [5.41, 5.74) is 0. The molecular weight excluding hydrogens is 208 g/mol. The molecule has 84 valence electrons. The monoisotopic (exact) mass is 224 g/mol. The van der Waals surface area contributed by atoms with Crippen LogP contribution in [0.1, 0.15) is 13.8 Å². The van der Waals surface area contributed by atoms with Crippen LogP contribution in [0.5, 0.6) is 0 Å². The van der Waals surface area contributed by atoms with E-state index in [1.54, 1.807) is 6.08 Å². The Balaban J connectivity index is 2.33. The summed E-state index contributed by atoms with van der Waals surface area (Å²) < 4.78 is 33.1. The zero-order chi connectivity index (χ0) is 10.8. The van der Waals surface area contributed by atoms with E-state index in [0.29, 0.717) is 6.61 Å². The molecule has 1 fully saturated rings. The fraction of sp³-hybridized carbons (Fsp3) is 0.750. The lowest BCUT2D eigenvalue weighted by Crippen LogP contribution is -2.20. The van der Waals surface area contributed by atoms with Gasteiger partial charge in [0.1, 0.15) is 23.2 Å². The molecule has 0 aromatic carbocycles. The average molecular weight is 224 g/mol. The summed E-state index contributed by atoms with van der Waals surface area (Å²) in [6.45, 7) is 4.07. The van der Waals surface area contributed by atoms with Crippen molar-refractivity contribution in [2.45, 2.75) is 25.7 Å². The fourth-order valence-electron chi connectivity index (χ4n) is 1.04. The summed E-state index contributed by atoms with van der Waals surface area (Å²) in [5.74, 6) is -0.580. The van der Waals surface area contributed by atoms with Gasteiger partial charge < -0.3 is 13.7 Å². The Labute approximate surface area is 85.2 Å². The summed E-state index contributed by atoms with van der Waals surface area (Å²) >= 11 is 0. The lowest BCUT2D eigenvalue weighted by Gasteiger charge is -2.19. The summed E-state index contributed by atoms with van der Waals surface area (Å²) in [5, 5.41) is 0. The molecule has 0 bridgehead atoms. The van der Waals surface area contributed by atoms with Crippen LogP contribution < -0.4 is 0 Å². The van der Waals surface area contributed by atoms with Crippen molar-refractivity contribution >= 4 is 10.9 Å². The minimum Gasteiger partial charge on any atom is -0.411 e. The first-order chi connectivity index (χ1) is 6.29. The predicted octanol–water partition coefficient (Wildman–Crippen LogP) is 1.96. The number of hydrogen-bond donors (Lipinski definition) is 2. The zero-order valence-corrected chi connectivity index (χ0v) is 9.28. The van der Waals surface area contributed by atoms with Crippen LogP contribution in [0.25, 0.3) is 0 Å². The minimum absolute atomic E-state index is 0.202. The molecule has 1 atom stereocenters. The first-order valence-electron chi connectivity index (χ1n) is 4.18. The van der Waals surface area contributed by atoms with Gasteiger partial charge in [0.05, 0.1) is 6.61 Å². The van der Waals surface area contributed by atoms with Gasteiger partial charge in [0, 0.05) is 6.26 Å². The van der Waals surface area contributed by atoms with E-state index >= 15 is 0 Å². The molecular formula is C8H16O5S. The third-order valence-corrected chi connectivity index (χ3v) is 2.04. The standard InChI is InChI=1S/C8H16O5S/c1-8(2)11-6-7(13-8)4-5-12-14(3,9)10/h4-5,7,9-10H,6H2,1-3H3/b5-4+. The van der Waals surface area contributed by atoms with Crippen LogP contribution in [-0.4, -0.2) is 33.9 Å². The van der Waals surface area contributed by atoms with E-state index in [9.17, 15) is 0 Å². The summed E-state index contributed by atoms with van der Waals surface area (Å²) in [6.07, 6.45) is 3.82. The van der Waals surface area contributed by atoms with Gasteiger partial charge >= 0.3 is 0 Å². The first-order valence-corrected chi connectivity index (χ1v) is 6.06. The van der Waals surface area contributed by atoms with Gasteiger partial charge in [0.25, 0.3) is 0 Å². The molecule has 0 radical (unpaired) electrons. The highest BCUT2D eigenvalue weighted by Gasteiger charge is 2.31. The van der Waals surface area contributed by atoms with Crippen molar-refractivity contribution in [3.63, 3.8) is 0 Å². The number of rotatable bonds is 3. The molecule has 14 heavy (non-hydrogen) atoms. The van der Waals surface area contributed by atoms with Crippen molar-refractivity contribution in [2.75, 3.05) is 12.9 Å². The molecule has 0 aromatic heterocycles. The van der Waals surface area contributed by atoms with Gasteiger partial charge in [-0.05, 0) is 19.9 Å². The van der Waals surface area contributed by atoms with Crippen molar-refractivity contribution in [1.82, 2.24) is 0 Å². The molecule has 1 aliphatic heterocycles. The zero-order valence-electron chi connectivity index (χ0n) is 8.47. The van der Waals surface area contributed by atoms with E-state index < -0.39 is 16.7 Å². The normalized spacial score (nSPS) is 28.2.